The van der Waals surface area contributed by atoms with Gasteiger partial charge in [0.05, 0.1) is 20.3 Å². The standard InChI is InChI=1S/C17H27NO3/c1-3-18-11-15-4-5-17(19-2)16(10-15)13-21-12-14-6-8-20-9-7-14/h4-5,10,14,18H,3,6-9,11-13H2,1-2H3. The van der Waals surface area contributed by atoms with Crippen molar-refractivity contribution in [1.82, 2.24) is 5.32 Å². The largest absolute Gasteiger partial charge is 0.496 e. The normalized spacial score (nSPS) is 16.1. The predicted octanol–water partition coefficient (Wildman–Crippen LogP) is 2.75. The Hall–Kier alpha value is -1.10. The molecule has 1 aliphatic rings. The molecule has 1 aromatic carbocycles. The molecule has 0 amide bonds. The quantitative estimate of drug-likeness (QED) is 0.800. The van der Waals surface area contributed by atoms with E-state index in [-0.39, 0.29) is 0 Å². The van der Waals surface area contributed by atoms with Crippen LogP contribution in [-0.4, -0.2) is 33.5 Å². The van der Waals surface area contributed by atoms with Crippen LogP contribution in [-0.2, 0) is 22.6 Å². The monoisotopic (exact) mass is 293 g/mol. The molecule has 118 valence electrons. The highest BCUT2D eigenvalue weighted by molar-refractivity contribution is 5.36. The first-order valence-electron chi connectivity index (χ1n) is 7.85. The van der Waals surface area contributed by atoms with Crippen molar-refractivity contribution in [3.05, 3.63) is 29.3 Å². The second kappa shape index (κ2) is 9.03. The van der Waals surface area contributed by atoms with E-state index in [1.54, 1.807) is 7.11 Å². The average molecular weight is 293 g/mol. The number of hydrogen-bond donors (Lipinski definition) is 1. The SMILES string of the molecule is CCNCc1ccc(OC)c(COCC2CCOCC2)c1. The van der Waals surface area contributed by atoms with Crippen LogP contribution >= 0.6 is 0 Å². The molecule has 4 heteroatoms. The summed E-state index contributed by atoms with van der Waals surface area (Å²) in [6.45, 7) is 7.13. The minimum atomic E-state index is 0.612. The van der Waals surface area contributed by atoms with Crippen LogP contribution in [0.15, 0.2) is 18.2 Å². The molecule has 0 radical (unpaired) electrons. The molecule has 0 spiro atoms. The molecule has 0 bridgehead atoms. The van der Waals surface area contributed by atoms with Gasteiger partial charge in [0, 0.05) is 25.3 Å². The minimum Gasteiger partial charge on any atom is -0.496 e. The number of benzene rings is 1. The summed E-state index contributed by atoms with van der Waals surface area (Å²) < 4.78 is 16.7. The van der Waals surface area contributed by atoms with Gasteiger partial charge in [-0.25, -0.2) is 0 Å². The third-order valence-electron chi connectivity index (χ3n) is 3.88. The molecule has 2 rings (SSSR count). The van der Waals surface area contributed by atoms with E-state index in [9.17, 15) is 0 Å². The van der Waals surface area contributed by atoms with Gasteiger partial charge in [0.2, 0.25) is 0 Å². The van der Waals surface area contributed by atoms with Gasteiger partial charge in [0.25, 0.3) is 0 Å². The van der Waals surface area contributed by atoms with E-state index >= 15 is 0 Å². The third kappa shape index (κ3) is 5.30. The van der Waals surface area contributed by atoms with Crippen molar-refractivity contribution in [2.24, 2.45) is 5.92 Å². The van der Waals surface area contributed by atoms with Gasteiger partial charge in [-0.3, -0.25) is 0 Å². The Morgan fingerprint density at radius 2 is 2.10 bits per heavy atom. The molecule has 4 nitrogen and oxygen atoms in total. The van der Waals surface area contributed by atoms with Gasteiger partial charge in [-0.1, -0.05) is 13.0 Å². The lowest BCUT2D eigenvalue weighted by Gasteiger charge is -2.22. The van der Waals surface area contributed by atoms with Crippen molar-refractivity contribution < 1.29 is 14.2 Å². The van der Waals surface area contributed by atoms with Gasteiger partial charge in [-0.15, -0.1) is 0 Å². The summed E-state index contributed by atoms with van der Waals surface area (Å²) in [5.41, 5.74) is 2.39. The molecule has 0 atom stereocenters. The lowest BCUT2D eigenvalue weighted by Crippen LogP contribution is -2.20. The fraction of sp³-hybridized carbons (Fsp3) is 0.647. The zero-order chi connectivity index (χ0) is 14.9. The number of rotatable bonds is 8. The Kier molecular flexibility index (Phi) is 7.00. The molecule has 0 unspecified atom stereocenters. The maximum Gasteiger partial charge on any atom is 0.124 e. The summed E-state index contributed by atoms with van der Waals surface area (Å²) in [6.07, 6.45) is 2.22. The van der Waals surface area contributed by atoms with Crippen molar-refractivity contribution >= 4 is 0 Å². The lowest BCUT2D eigenvalue weighted by molar-refractivity contribution is 0.0153. The van der Waals surface area contributed by atoms with E-state index in [1.807, 2.05) is 6.07 Å². The van der Waals surface area contributed by atoms with Crippen LogP contribution in [0.2, 0.25) is 0 Å². The zero-order valence-electron chi connectivity index (χ0n) is 13.2. The van der Waals surface area contributed by atoms with Crippen molar-refractivity contribution in [2.45, 2.75) is 32.9 Å². The Morgan fingerprint density at radius 3 is 2.81 bits per heavy atom. The molecular weight excluding hydrogens is 266 g/mol. The van der Waals surface area contributed by atoms with Crippen LogP contribution in [0.1, 0.15) is 30.9 Å². The highest BCUT2D eigenvalue weighted by Gasteiger charge is 2.14. The summed E-state index contributed by atoms with van der Waals surface area (Å²) >= 11 is 0. The first-order valence-corrected chi connectivity index (χ1v) is 7.85. The lowest BCUT2D eigenvalue weighted by atomic mass is 10.0. The van der Waals surface area contributed by atoms with E-state index in [0.29, 0.717) is 12.5 Å². The smallest absolute Gasteiger partial charge is 0.124 e. The Labute approximate surface area is 127 Å². The highest BCUT2D eigenvalue weighted by Crippen LogP contribution is 2.22. The van der Waals surface area contributed by atoms with Gasteiger partial charge in [-0.2, -0.15) is 0 Å². The fourth-order valence-electron chi connectivity index (χ4n) is 2.57. The van der Waals surface area contributed by atoms with E-state index in [1.165, 1.54) is 5.56 Å². The highest BCUT2D eigenvalue weighted by atomic mass is 16.5. The van der Waals surface area contributed by atoms with Crippen molar-refractivity contribution in [3.8, 4) is 5.75 Å². The molecular formula is C17H27NO3. The molecule has 1 N–H and O–H groups in total. The van der Waals surface area contributed by atoms with E-state index < -0.39 is 0 Å². The van der Waals surface area contributed by atoms with E-state index in [0.717, 1.165) is 57.1 Å². The molecule has 21 heavy (non-hydrogen) atoms. The maximum absolute atomic E-state index is 5.91. The third-order valence-corrected chi connectivity index (χ3v) is 3.88. The first-order chi connectivity index (χ1) is 10.3. The molecule has 1 fully saturated rings. The number of hydrogen-bond acceptors (Lipinski definition) is 4. The van der Waals surface area contributed by atoms with Crippen LogP contribution < -0.4 is 10.1 Å². The minimum absolute atomic E-state index is 0.612. The molecule has 1 saturated heterocycles. The number of ether oxygens (including phenoxy) is 3. The number of nitrogens with one attached hydrogen (secondary N) is 1. The average Bonchev–Trinajstić information content (AvgIpc) is 2.54. The molecule has 1 heterocycles. The summed E-state index contributed by atoms with van der Waals surface area (Å²) in [6, 6.07) is 6.30. The summed E-state index contributed by atoms with van der Waals surface area (Å²) in [5, 5.41) is 3.34. The van der Waals surface area contributed by atoms with Crippen LogP contribution in [0, 0.1) is 5.92 Å². The second-order valence-corrected chi connectivity index (χ2v) is 5.50. The van der Waals surface area contributed by atoms with Gasteiger partial charge in [-0.05, 0) is 43.0 Å². The van der Waals surface area contributed by atoms with Crippen molar-refractivity contribution in [1.29, 1.82) is 0 Å². The first kappa shape index (κ1) is 16.3. The second-order valence-electron chi connectivity index (χ2n) is 5.50. The topological polar surface area (TPSA) is 39.7 Å². The van der Waals surface area contributed by atoms with Crippen LogP contribution in [0.5, 0.6) is 5.75 Å². The Bertz CT molecular complexity index is 416. The fourth-order valence-corrected chi connectivity index (χ4v) is 2.57. The number of methoxy groups -OCH3 is 1. The maximum atomic E-state index is 5.91. The Balaban J connectivity index is 1.87. The molecule has 1 aromatic rings. The van der Waals surface area contributed by atoms with Crippen LogP contribution in [0.3, 0.4) is 0 Å². The molecule has 0 aromatic heterocycles. The van der Waals surface area contributed by atoms with Gasteiger partial charge in [0.1, 0.15) is 5.75 Å². The van der Waals surface area contributed by atoms with Gasteiger partial charge >= 0.3 is 0 Å². The zero-order valence-corrected chi connectivity index (χ0v) is 13.2. The van der Waals surface area contributed by atoms with Crippen molar-refractivity contribution in [3.63, 3.8) is 0 Å². The predicted molar refractivity (Wildman–Crippen MR) is 83.6 cm³/mol. The summed E-state index contributed by atoms with van der Waals surface area (Å²) in [4.78, 5) is 0. The Morgan fingerprint density at radius 1 is 1.29 bits per heavy atom. The summed E-state index contributed by atoms with van der Waals surface area (Å²) in [7, 11) is 1.71. The van der Waals surface area contributed by atoms with Crippen molar-refractivity contribution in [2.75, 3.05) is 33.5 Å². The van der Waals surface area contributed by atoms with Gasteiger partial charge in [0.15, 0.2) is 0 Å². The summed E-state index contributed by atoms with van der Waals surface area (Å²) in [5.74, 6) is 1.54. The van der Waals surface area contributed by atoms with E-state index in [4.69, 9.17) is 14.2 Å². The molecule has 0 aliphatic carbocycles. The molecule has 1 aliphatic heterocycles. The van der Waals surface area contributed by atoms with Gasteiger partial charge < -0.3 is 19.5 Å². The van der Waals surface area contributed by atoms with Crippen LogP contribution in [0.4, 0.5) is 0 Å². The van der Waals surface area contributed by atoms with E-state index in [2.05, 4.69) is 24.4 Å². The molecule has 0 saturated carbocycles. The van der Waals surface area contributed by atoms with Crippen LogP contribution in [0.25, 0.3) is 0 Å².